The van der Waals surface area contributed by atoms with Gasteiger partial charge in [-0.1, -0.05) is 63.4 Å². The molecule has 0 fully saturated rings. The number of nitrogens with zero attached hydrogens (tertiary/aromatic N) is 1. The van der Waals surface area contributed by atoms with Crippen LogP contribution in [-0.2, 0) is 11.4 Å². The number of halogens is 3. The smallest absolute Gasteiger partial charge is 0.266 e. The fraction of sp³-hybridized carbons (Fsp3) is 0.120. The molecule has 0 bridgehead atoms. The average Bonchev–Trinajstić information content (AvgIpc) is 2.75. The molecule has 0 spiro atoms. The molecule has 0 saturated heterocycles. The van der Waals surface area contributed by atoms with Crippen LogP contribution >= 0.6 is 39.1 Å². The largest absolute Gasteiger partial charge is 0.486 e. The Balaban J connectivity index is 1.78. The summed E-state index contributed by atoms with van der Waals surface area (Å²) >= 11 is 16.1. The summed E-state index contributed by atoms with van der Waals surface area (Å²) in [6.07, 6.45) is 1.44. The minimum atomic E-state index is -0.510. The van der Waals surface area contributed by atoms with Crippen LogP contribution in [0.4, 0.5) is 5.69 Å². The molecular formula is C25H19BrCl2N2O2. The van der Waals surface area contributed by atoms with Crippen molar-refractivity contribution in [3.05, 3.63) is 96.9 Å². The van der Waals surface area contributed by atoms with Crippen molar-refractivity contribution in [2.45, 2.75) is 20.5 Å². The number of benzene rings is 3. The number of anilines is 1. The lowest BCUT2D eigenvalue weighted by molar-refractivity contribution is -0.112. The van der Waals surface area contributed by atoms with Crippen molar-refractivity contribution in [2.75, 3.05) is 5.32 Å². The number of amides is 1. The maximum absolute atomic E-state index is 12.6. The second-order valence-corrected chi connectivity index (χ2v) is 8.90. The summed E-state index contributed by atoms with van der Waals surface area (Å²) in [4.78, 5) is 12.6. The first-order valence-corrected chi connectivity index (χ1v) is 11.2. The van der Waals surface area contributed by atoms with Gasteiger partial charge in [-0.2, -0.15) is 5.26 Å². The van der Waals surface area contributed by atoms with E-state index in [-0.39, 0.29) is 15.6 Å². The molecule has 1 N–H and O–H groups in total. The van der Waals surface area contributed by atoms with Crippen LogP contribution in [0, 0.1) is 25.2 Å². The third kappa shape index (κ3) is 6.14. The lowest BCUT2D eigenvalue weighted by Crippen LogP contribution is -2.14. The van der Waals surface area contributed by atoms with Crippen LogP contribution < -0.4 is 10.1 Å². The molecule has 0 unspecified atom stereocenters. The second kappa shape index (κ2) is 10.7. The monoisotopic (exact) mass is 528 g/mol. The van der Waals surface area contributed by atoms with Crippen molar-refractivity contribution in [2.24, 2.45) is 0 Å². The van der Waals surface area contributed by atoms with Gasteiger partial charge >= 0.3 is 0 Å². The van der Waals surface area contributed by atoms with E-state index < -0.39 is 5.91 Å². The highest BCUT2D eigenvalue weighted by molar-refractivity contribution is 9.10. The number of carbonyl (C=O) groups is 1. The molecular weight excluding hydrogens is 511 g/mol. The van der Waals surface area contributed by atoms with Crippen LogP contribution in [0.25, 0.3) is 6.08 Å². The van der Waals surface area contributed by atoms with E-state index >= 15 is 0 Å². The molecule has 7 heteroatoms. The van der Waals surface area contributed by atoms with E-state index in [0.717, 1.165) is 21.2 Å². The standard InChI is InChI=1S/C25H19BrCl2N2O2/c1-15-3-4-16(2)23(9-15)30-25(31)19(13-29)10-18-11-21(27)24(22(28)12-18)32-14-17-5-7-20(26)8-6-17/h3-12H,14H2,1-2H3,(H,30,31)/b19-10+. The molecule has 0 saturated carbocycles. The SMILES string of the molecule is Cc1ccc(C)c(NC(=O)/C(C#N)=C/c2cc(Cl)c(OCc3ccc(Br)cc3)c(Cl)c2)c1. The fourth-order valence-corrected chi connectivity index (χ4v) is 3.79. The predicted molar refractivity (Wildman–Crippen MR) is 133 cm³/mol. The maximum atomic E-state index is 12.6. The molecule has 0 heterocycles. The van der Waals surface area contributed by atoms with Crippen LogP contribution in [0.3, 0.4) is 0 Å². The predicted octanol–water partition coefficient (Wildman–Crippen LogP) is 7.50. The molecule has 0 atom stereocenters. The summed E-state index contributed by atoms with van der Waals surface area (Å²) in [7, 11) is 0. The Hall–Kier alpha value is -2.78. The van der Waals surface area contributed by atoms with Crippen molar-refractivity contribution in [1.82, 2.24) is 0 Å². The summed E-state index contributed by atoms with van der Waals surface area (Å²) in [5.41, 5.74) is 3.97. The minimum Gasteiger partial charge on any atom is -0.486 e. The summed E-state index contributed by atoms with van der Waals surface area (Å²) in [6, 6.07) is 18.6. The molecule has 3 aromatic carbocycles. The lowest BCUT2D eigenvalue weighted by Gasteiger charge is -2.12. The topological polar surface area (TPSA) is 62.1 Å². The first-order valence-electron chi connectivity index (χ1n) is 9.63. The second-order valence-electron chi connectivity index (χ2n) is 7.17. The zero-order valence-corrected chi connectivity index (χ0v) is 20.5. The van der Waals surface area contributed by atoms with Crippen LogP contribution in [0.2, 0.25) is 10.0 Å². The van der Waals surface area contributed by atoms with Crippen LogP contribution in [-0.4, -0.2) is 5.91 Å². The molecule has 0 radical (unpaired) electrons. The van der Waals surface area contributed by atoms with Gasteiger partial charge in [-0.15, -0.1) is 0 Å². The van der Waals surface area contributed by atoms with E-state index in [9.17, 15) is 10.1 Å². The van der Waals surface area contributed by atoms with Crippen molar-refractivity contribution in [3.63, 3.8) is 0 Å². The third-order valence-corrected chi connectivity index (χ3v) is 5.72. The number of nitrogens with one attached hydrogen (secondary N) is 1. The fourth-order valence-electron chi connectivity index (χ4n) is 2.91. The van der Waals surface area contributed by atoms with Crippen molar-refractivity contribution >= 4 is 56.8 Å². The van der Waals surface area contributed by atoms with Crippen molar-refractivity contribution in [1.29, 1.82) is 5.26 Å². The molecule has 162 valence electrons. The average molecular weight is 530 g/mol. The molecule has 3 aromatic rings. The summed E-state index contributed by atoms with van der Waals surface area (Å²) in [5, 5.41) is 12.9. The Bertz CT molecular complexity index is 1210. The van der Waals surface area contributed by atoms with Gasteiger partial charge in [0.1, 0.15) is 18.2 Å². The number of aryl methyl sites for hydroxylation is 2. The molecule has 0 aliphatic rings. The number of hydrogen-bond donors (Lipinski definition) is 1. The zero-order valence-electron chi connectivity index (χ0n) is 17.4. The summed E-state index contributed by atoms with van der Waals surface area (Å²) < 4.78 is 6.76. The molecule has 0 aromatic heterocycles. The van der Waals surface area contributed by atoms with Gasteiger partial charge in [0.05, 0.1) is 10.0 Å². The summed E-state index contributed by atoms with van der Waals surface area (Å²) in [5.74, 6) is -0.171. The Morgan fingerprint density at radius 2 is 1.75 bits per heavy atom. The third-order valence-electron chi connectivity index (χ3n) is 4.63. The van der Waals surface area contributed by atoms with Gasteiger partial charge in [0.2, 0.25) is 0 Å². The molecule has 4 nitrogen and oxygen atoms in total. The van der Waals surface area contributed by atoms with E-state index in [0.29, 0.717) is 23.6 Å². The quantitative estimate of drug-likeness (QED) is 0.265. The highest BCUT2D eigenvalue weighted by atomic mass is 79.9. The normalized spacial score (nSPS) is 11.1. The molecule has 0 aliphatic heterocycles. The van der Waals surface area contributed by atoms with Gasteiger partial charge in [-0.25, -0.2) is 0 Å². The first-order chi connectivity index (χ1) is 15.3. The van der Waals surface area contributed by atoms with Crippen molar-refractivity contribution in [3.8, 4) is 11.8 Å². The number of hydrogen-bond acceptors (Lipinski definition) is 3. The Kier molecular flexibility index (Phi) is 7.98. The summed E-state index contributed by atoms with van der Waals surface area (Å²) in [6.45, 7) is 4.11. The highest BCUT2D eigenvalue weighted by Gasteiger charge is 2.14. The van der Waals surface area contributed by atoms with Gasteiger partial charge in [0.15, 0.2) is 5.75 Å². The minimum absolute atomic E-state index is 0.0680. The van der Waals surface area contributed by atoms with Crippen LogP contribution in [0.15, 0.2) is 64.6 Å². The number of rotatable bonds is 6. The van der Waals surface area contributed by atoms with Crippen LogP contribution in [0.1, 0.15) is 22.3 Å². The number of ether oxygens (including phenoxy) is 1. The number of nitriles is 1. The van der Waals surface area contributed by atoms with Gasteiger partial charge in [-0.3, -0.25) is 4.79 Å². The molecule has 3 rings (SSSR count). The number of carbonyl (C=O) groups excluding carboxylic acids is 1. The van der Waals surface area contributed by atoms with Gasteiger partial charge in [0.25, 0.3) is 5.91 Å². The van der Waals surface area contributed by atoms with E-state index in [1.165, 1.54) is 6.08 Å². The highest BCUT2D eigenvalue weighted by Crippen LogP contribution is 2.35. The molecule has 1 amide bonds. The van der Waals surface area contributed by atoms with Gasteiger partial charge in [0, 0.05) is 10.2 Å². The van der Waals surface area contributed by atoms with E-state index in [1.807, 2.05) is 62.4 Å². The zero-order chi connectivity index (χ0) is 23.3. The molecule has 32 heavy (non-hydrogen) atoms. The maximum Gasteiger partial charge on any atom is 0.266 e. The van der Waals surface area contributed by atoms with Gasteiger partial charge < -0.3 is 10.1 Å². The van der Waals surface area contributed by atoms with Crippen molar-refractivity contribution < 1.29 is 9.53 Å². The van der Waals surface area contributed by atoms with E-state index in [1.54, 1.807) is 12.1 Å². The first kappa shape index (κ1) is 23.9. The molecule has 0 aliphatic carbocycles. The van der Waals surface area contributed by atoms with E-state index in [4.69, 9.17) is 27.9 Å². The van der Waals surface area contributed by atoms with E-state index in [2.05, 4.69) is 21.2 Å². The lowest BCUT2D eigenvalue weighted by atomic mass is 10.1. The van der Waals surface area contributed by atoms with Crippen LogP contribution in [0.5, 0.6) is 5.75 Å². The Morgan fingerprint density at radius 1 is 1.09 bits per heavy atom. The Labute approximate surface area is 205 Å². The van der Waals surface area contributed by atoms with Gasteiger partial charge in [-0.05, 0) is 72.5 Å². The Morgan fingerprint density at radius 3 is 2.38 bits per heavy atom.